The summed E-state index contributed by atoms with van der Waals surface area (Å²) in [6, 6.07) is 13.0. The van der Waals surface area contributed by atoms with Crippen molar-refractivity contribution in [1.82, 2.24) is 5.32 Å². The summed E-state index contributed by atoms with van der Waals surface area (Å²) in [7, 11) is 0. The highest BCUT2D eigenvalue weighted by atomic mass is 35.5. The molecule has 1 amide bonds. The minimum absolute atomic E-state index is 0.0937. The largest absolute Gasteiger partial charge is 0.481 e. The molecule has 4 nitrogen and oxygen atoms in total. The van der Waals surface area contributed by atoms with Gasteiger partial charge < -0.3 is 10.4 Å². The van der Waals surface area contributed by atoms with Gasteiger partial charge in [-0.2, -0.15) is 0 Å². The van der Waals surface area contributed by atoms with Gasteiger partial charge in [-0.05, 0) is 36.4 Å². The first-order chi connectivity index (χ1) is 12.0. The minimum atomic E-state index is -0.939. The van der Waals surface area contributed by atoms with Gasteiger partial charge in [-0.3, -0.25) is 9.59 Å². The molecule has 0 aliphatic rings. The molecule has 0 saturated heterocycles. The third kappa shape index (κ3) is 6.82. The molecule has 0 aliphatic heterocycles. The second-order valence-electron chi connectivity index (χ2n) is 4.94. The highest BCUT2D eigenvalue weighted by molar-refractivity contribution is 8.00. The molecule has 2 aromatic carbocycles. The van der Waals surface area contributed by atoms with Crippen LogP contribution in [0, 0.1) is 0 Å². The Balaban J connectivity index is 2.01. The third-order valence-corrected chi connectivity index (χ3v) is 5.67. The summed E-state index contributed by atoms with van der Waals surface area (Å²) in [5.41, 5.74) is 0.820. The smallest absolute Gasteiger partial charge is 0.313 e. The van der Waals surface area contributed by atoms with E-state index < -0.39 is 5.97 Å². The molecule has 25 heavy (non-hydrogen) atoms. The third-order valence-electron chi connectivity index (χ3n) is 3.04. The summed E-state index contributed by atoms with van der Waals surface area (Å²) < 4.78 is 0. The van der Waals surface area contributed by atoms with E-state index in [0.29, 0.717) is 10.0 Å². The monoisotopic (exact) mass is 415 g/mol. The Kier molecular flexibility index (Phi) is 7.96. The molecule has 0 heterocycles. The van der Waals surface area contributed by atoms with Gasteiger partial charge in [-0.1, -0.05) is 41.0 Å². The Morgan fingerprint density at radius 2 is 1.76 bits per heavy atom. The van der Waals surface area contributed by atoms with E-state index in [-0.39, 0.29) is 24.0 Å². The number of rotatable bonds is 8. The molecule has 2 N–H and O–H groups in total. The Labute approximate surface area is 164 Å². The summed E-state index contributed by atoms with van der Waals surface area (Å²) in [5.74, 6) is -1.17. The molecule has 0 saturated carbocycles. The van der Waals surface area contributed by atoms with E-state index in [9.17, 15) is 9.59 Å². The van der Waals surface area contributed by atoms with Crippen LogP contribution >= 0.6 is 46.7 Å². The van der Waals surface area contributed by atoms with E-state index in [1.165, 1.54) is 11.8 Å². The molecule has 0 radical (unpaired) electrons. The number of thioether (sulfide) groups is 1. The summed E-state index contributed by atoms with van der Waals surface area (Å²) >= 11 is 14.8. The molecule has 0 aliphatic carbocycles. The van der Waals surface area contributed by atoms with Crippen molar-refractivity contribution in [2.75, 3.05) is 11.5 Å². The Morgan fingerprint density at radius 3 is 2.44 bits per heavy atom. The molecular formula is C17H15Cl2NO3S2. The lowest BCUT2D eigenvalue weighted by atomic mass is 10.2. The average Bonchev–Trinajstić information content (AvgIpc) is 2.56. The van der Waals surface area contributed by atoms with E-state index in [1.807, 2.05) is 36.4 Å². The average molecular weight is 416 g/mol. The van der Waals surface area contributed by atoms with Crippen molar-refractivity contribution in [3.63, 3.8) is 0 Å². The zero-order chi connectivity index (χ0) is 18.2. The van der Waals surface area contributed by atoms with Crippen LogP contribution in [0.3, 0.4) is 0 Å². The van der Waals surface area contributed by atoms with Gasteiger partial charge in [0.25, 0.3) is 0 Å². The standard InChI is InChI=1S/C17H15Cl2NO3S2/c18-11-4-6-12(7-5-11)25-15-3-1-2-14(19)13(15)8-20-16(21)9-24-10-17(22)23/h1-7H,8-10H2,(H,20,21)(H,22,23). The molecule has 0 spiro atoms. The lowest BCUT2D eigenvalue weighted by molar-refractivity contribution is -0.133. The second-order valence-corrected chi connectivity index (χ2v) is 7.88. The van der Waals surface area contributed by atoms with Crippen molar-refractivity contribution < 1.29 is 14.7 Å². The fraction of sp³-hybridized carbons (Fsp3) is 0.176. The highest BCUT2D eigenvalue weighted by Gasteiger charge is 2.11. The molecule has 0 atom stereocenters. The van der Waals surface area contributed by atoms with Crippen LogP contribution in [0.25, 0.3) is 0 Å². The Bertz CT molecular complexity index is 754. The number of amides is 1. The summed E-state index contributed by atoms with van der Waals surface area (Å²) in [6.45, 7) is 0.280. The number of halogens is 2. The van der Waals surface area contributed by atoms with Crippen LogP contribution in [-0.2, 0) is 16.1 Å². The number of hydrogen-bond donors (Lipinski definition) is 2. The molecule has 0 bridgehead atoms. The van der Waals surface area contributed by atoms with Crippen LogP contribution in [0.15, 0.2) is 52.3 Å². The number of carboxylic acids is 1. The van der Waals surface area contributed by atoms with E-state index in [2.05, 4.69) is 5.32 Å². The maximum absolute atomic E-state index is 11.8. The van der Waals surface area contributed by atoms with Crippen LogP contribution in [0.1, 0.15) is 5.56 Å². The Morgan fingerprint density at radius 1 is 1.04 bits per heavy atom. The lowest BCUT2D eigenvalue weighted by Gasteiger charge is -2.12. The van der Waals surface area contributed by atoms with Gasteiger partial charge in [-0.15, -0.1) is 11.8 Å². The summed E-state index contributed by atoms with van der Waals surface area (Å²) in [6.07, 6.45) is 0. The van der Waals surface area contributed by atoms with Gasteiger partial charge in [0, 0.05) is 31.9 Å². The summed E-state index contributed by atoms with van der Waals surface area (Å²) in [5, 5.41) is 12.6. The molecule has 2 rings (SSSR count). The van der Waals surface area contributed by atoms with Crippen molar-refractivity contribution in [3.8, 4) is 0 Å². The highest BCUT2D eigenvalue weighted by Crippen LogP contribution is 2.34. The molecular weight excluding hydrogens is 401 g/mol. The molecule has 0 unspecified atom stereocenters. The van der Waals surface area contributed by atoms with Gasteiger partial charge in [0.15, 0.2) is 0 Å². The van der Waals surface area contributed by atoms with Gasteiger partial charge in [0.2, 0.25) is 5.91 Å². The lowest BCUT2D eigenvalue weighted by Crippen LogP contribution is -2.25. The number of benzene rings is 2. The van der Waals surface area contributed by atoms with Crippen LogP contribution in [0.2, 0.25) is 10.0 Å². The maximum Gasteiger partial charge on any atom is 0.313 e. The zero-order valence-corrected chi connectivity index (χ0v) is 16.1. The van der Waals surface area contributed by atoms with E-state index in [0.717, 1.165) is 27.1 Å². The molecule has 0 aromatic heterocycles. The molecule has 8 heteroatoms. The van der Waals surface area contributed by atoms with Gasteiger partial charge >= 0.3 is 5.97 Å². The van der Waals surface area contributed by atoms with E-state index in [1.54, 1.807) is 6.07 Å². The first kappa shape index (κ1) is 20.0. The van der Waals surface area contributed by atoms with Crippen molar-refractivity contribution in [2.45, 2.75) is 16.3 Å². The number of nitrogens with one attached hydrogen (secondary N) is 1. The van der Waals surface area contributed by atoms with Gasteiger partial charge in [0.1, 0.15) is 0 Å². The van der Waals surface area contributed by atoms with Crippen LogP contribution < -0.4 is 5.32 Å². The topological polar surface area (TPSA) is 66.4 Å². The van der Waals surface area contributed by atoms with Crippen molar-refractivity contribution in [3.05, 3.63) is 58.1 Å². The van der Waals surface area contributed by atoms with E-state index in [4.69, 9.17) is 28.3 Å². The van der Waals surface area contributed by atoms with Crippen molar-refractivity contribution in [1.29, 1.82) is 0 Å². The molecule has 2 aromatic rings. The Hall–Kier alpha value is -1.34. The minimum Gasteiger partial charge on any atom is -0.481 e. The fourth-order valence-corrected chi connectivity index (χ4v) is 3.87. The normalized spacial score (nSPS) is 10.5. The van der Waals surface area contributed by atoms with Gasteiger partial charge in [-0.25, -0.2) is 0 Å². The van der Waals surface area contributed by atoms with Crippen molar-refractivity contribution >= 4 is 58.6 Å². The van der Waals surface area contributed by atoms with E-state index >= 15 is 0 Å². The van der Waals surface area contributed by atoms with Crippen LogP contribution in [0.5, 0.6) is 0 Å². The first-order valence-electron chi connectivity index (χ1n) is 7.23. The molecule has 0 fully saturated rings. The number of hydrogen-bond acceptors (Lipinski definition) is 4. The maximum atomic E-state index is 11.8. The zero-order valence-electron chi connectivity index (χ0n) is 13.0. The number of carboxylic acid groups (broad SMARTS) is 1. The van der Waals surface area contributed by atoms with Crippen LogP contribution in [0.4, 0.5) is 0 Å². The number of carbonyl (C=O) groups excluding carboxylic acids is 1. The predicted octanol–water partition coefficient (Wildman–Crippen LogP) is 4.58. The predicted molar refractivity (Wildman–Crippen MR) is 104 cm³/mol. The summed E-state index contributed by atoms with van der Waals surface area (Å²) in [4.78, 5) is 24.2. The fourth-order valence-electron chi connectivity index (χ4n) is 1.90. The number of carbonyl (C=O) groups is 2. The van der Waals surface area contributed by atoms with Gasteiger partial charge in [0.05, 0.1) is 11.5 Å². The van der Waals surface area contributed by atoms with Crippen LogP contribution in [-0.4, -0.2) is 28.5 Å². The quantitative estimate of drug-likeness (QED) is 0.660. The first-order valence-corrected chi connectivity index (χ1v) is 9.95. The second kappa shape index (κ2) is 9.97. The molecule has 132 valence electrons. The number of aliphatic carboxylic acids is 1. The van der Waals surface area contributed by atoms with Crippen molar-refractivity contribution in [2.24, 2.45) is 0 Å². The SMILES string of the molecule is O=C(O)CSCC(=O)NCc1c(Cl)cccc1Sc1ccc(Cl)cc1.